The molecular weight excluding hydrogens is 313 g/mol. The molecule has 6 nitrogen and oxygen atoms in total. The first-order chi connectivity index (χ1) is 9.50. The largest absolute Gasteiger partial charge is 0.481 e. The predicted octanol–water partition coefficient (Wildman–Crippen LogP) is 0.874. The molecule has 1 aromatic carbocycles. The number of nitrogens with two attached hydrogens (primary N) is 1. The van der Waals surface area contributed by atoms with Gasteiger partial charge in [-0.05, 0) is 18.2 Å². The van der Waals surface area contributed by atoms with Gasteiger partial charge in [-0.1, -0.05) is 0 Å². The number of carboxylic acids is 1. The molecule has 0 saturated carbocycles. The third-order valence-corrected chi connectivity index (χ3v) is 4.08. The number of anilines is 1. The van der Waals surface area contributed by atoms with Crippen molar-refractivity contribution in [1.29, 1.82) is 0 Å². The Balaban J connectivity index is 2.41. The van der Waals surface area contributed by atoms with Crippen molar-refractivity contribution < 1.29 is 31.5 Å². The van der Waals surface area contributed by atoms with E-state index in [0.29, 0.717) is 6.07 Å². The maximum atomic E-state index is 13.0. The summed E-state index contributed by atoms with van der Waals surface area (Å²) in [5, 5.41) is 13.6. The average Bonchev–Trinajstić information content (AvgIpc) is 2.23. The van der Waals surface area contributed by atoms with Crippen LogP contribution in [0.4, 0.5) is 18.9 Å². The zero-order valence-corrected chi connectivity index (χ0v) is 11.3. The number of halogens is 3. The molecule has 10 heteroatoms. The van der Waals surface area contributed by atoms with Crippen molar-refractivity contribution >= 4 is 21.7 Å². The van der Waals surface area contributed by atoms with Crippen LogP contribution < -0.4 is 10.0 Å². The molecule has 0 amide bonds. The molecule has 0 bridgehead atoms. The maximum absolute atomic E-state index is 13.0. The van der Waals surface area contributed by atoms with Crippen molar-refractivity contribution in [3.05, 3.63) is 23.8 Å². The molecule has 1 aliphatic heterocycles. The predicted molar refractivity (Wildman–Crippen MR) is 66.2 cm³/mol. The van der Waals surface area contributed by atoms with E-state index in [1.165, 1.54) is 4.90 Å². The van der Waals surface area contributed by atoms with E-state index >= 15 is 0 Å². The van der Waals surface area contributed by atoms with E-state index in [-0.39, 0.29) is 18.8 Å². The fourth-order valence-electron chi connectivity index (χ4n) is 2.03. The molecule has 1 aromatic rings. The van der Waals surface area contributed by atoms with Crippen LogP contribution in [0, 0.1) is 5.92 Å². The van der Waals surface area contributed by atoms with Gasteiger partial charge in [0.25, 0.3) is 0 Å². The maximum Gasteiger partial charge on any atom is 0.418 e. The molecule has 0 radical (unpaired) electrons. The minimum absolute atomic E-state index is 0.0624. The smallest absolute Gasteiger partial charge is 0.418 e. The highest BCUT2D eigenvalue weighted by Crippen LogP contribution is 2.40. The summed E-state index contributed by atoms with van der Waals surface area (Å²) >= 11 is 0. The van der Waals surface area contributed by atoms with Gasteiger partial charge in [-0.3, -0.25) is 4.79 Å². The number of benzene rings is 1. The second-order valence-electron chi connectivity index (χ2n) is 4.66. The lowest BCUT2D eigenvalue weighted by molar-refractivity contribution is -0.142. The lowest BCUT2D eigenvalue weighted by Gasteiger charge is -2.39. The quantitative estimate of drug-likeness (QED) is 0.859. The minimum atomic E-state index is -4.77. The molecule has 2 rings (SSSR count). The molecular formula is C11H11F3N2O4S. The van der Waals surface area contributed by atoms with Gasteiger partial charge >= 0.3 is 12.1 Å². The van der Waals surface area contributed by atoms with E-state index < -0.39 is 38.5 Å². The number of rotatable bonds is 3. The van der Waals surface area contributed by atoms with Crippen LogP contribution in [-0.4, -0.2) is 32.6 Å². The van der Waals surface area contributed by atoms with Crippen LogP contribution in [0.1, 0.15) is 5.56 Å². The number of carboxylic acid groups (broad SMARTS) is 1. The van der Waals surface area contributed by atoms with E-state index in [0.717, 1.165) is 12.1 Å². The van der Waals surface area contributed by atoms with E-state index in [2.05, 4.69) is 0 Å². The van der Waals surface area contributed by atoms with Crippen molar-refractivity contribution in [2.45, 2.75) is 11.1 Å². The summed E-state index contributed by atoms with van der Waals surface area (Å²) in [4.78, 5) is 11.3. The van der Waals surface area contributed by atoms with E-state index in [1.54, 1.807) is 0 Å². The van der Waals surface area contributed by atoms with Gasteiger partial charge in [0.15, 0.2) is 0 Å². The SMILES string of the molecule is NS(=O)(=O)c1ccc(N2CC(C(=O)O)C2)c(C(F)(F)F)c1. The topological polar surface area (TPSA) is 101 Å². The van der Waals surface area contributed by atoms with E-state index in [1.807, 2.05) is 0 Å². The van der Waals surface area contributed by atoms with E-state index in [9.17, 15) is 26.4 Å². The van der Waals surface area contributed by atoms with Gasteiger partial charge in [0.05, 0.1) is 16.4 Å². The lowest BCUT2D eigenvalue weighted by atomic mass is 9.98. The van der Waals surface area contributed by atoms with Crippen molar-refractivity contribution in [2.75, 3.05) is 18.0 Å². The Bertz CT molecular complexity index is 681. The highest BCUT2D eigenvalue weighted by Gasteiger charge is 2.40. The summed E-state index contributed by atoms with van der Waals surface area (Å²) in [6.45, 7) is -0.125. The Morgan fingerprint density at radius 2 is 1.90 bits per heavy atom. The number of carbonyl (C=O) groups is 1. The van der Waals surface area contributed by atoms with Crippen molar-refractivity contribution in [3.63, 3.8) is 0 Å². The standard InChI is InChI=1S/C11H11F3N2O4S/c12-11(13,14)8-3-7(21(15,19)20)1-2-9(8)16-4-6(5-16)10(17)18/h1-3,6H,4-5H2,(H,17,18)(H2,15,19,20). The first-order valence-corrected chi connectivity index (χ1v) is 7.26. The summed E-state index contributed by atoms with van der Waals surface area (Å²) in [6, 6.07) is 2.41. The monoisotopic (exact) mass is 324 g/mol. The second-order valence-corrected chi connectivity index (χ2v) is 6.22. The molecule has 3 N–H and O–H groups in total. The summed E-state index contributed by atoms with van der Waals surface area (Å²) in [5.41, 5.74) is -1.41. The molecule has 0 spiro atoms. The van der Waals surface area contributed by atoms with Crippen LogP contribution >= 0.6 is 0 Å². The Morgan fingerprint density at radius 1 is 1.33 bits per heavy atom. The Morgan fingerprint density at radius 3 is 2.33 bits per heavy atom. The zero-order valence-electron chi connectivity index (χ0n) is 10.5. The van der Waals surface area contributed by atoms with Gasteiger partial charge in [0, 0.05) is 18.8 Å². The molecule has 1 saturated heterocycles. The number of nitrogens with zero attached hydrogens (tertiary/aromatic N) is 1. The fraction of sp³-hybridized carbons (Fsp3) is 0.364. The molecule has 1 aliphatic rings. The van der Waals surface area contributed by atoms with Crippen LogP contribution in [0.25, 0.3) is 0 Å². The number of alkyl halides is 3. The summed E-state index contributed by atoms with van der Waals surface area (Å²) in [6.07, 6.45) is -4.77. The van der Waals surface area contributed by atoms with Gasteiger partial charge in [-0.15, -0.1) is 0 Å². The van der Waals surface area contributed by atoms with Gasteiger partial charge in [0.1, 0.15) is 0 Å². The molecule has 0 atom stereocenters. The third-order valence-electron chi connectivity index (χ3n) is 3.17. The van der Waals surface area contributed by atoms with Gasteiger partial charge in [0.2, 0.25) is 10.0 Å². The lowest BCUT2D eigenvalue weighted by Crippen LogP contribution is -2.51. The highest BCUT2D eigenvalue weighted by molar-refractivity contribution is 7.89. The summed E-state index contributed by atoms with van der Waals surface area (Å²) in [5.74, 6) is -1.81. The highest BCUT2D eigenvalue weighted by atomic mass is 32.2. The first-order valence-electron chi connectivity index (χ1n) is 5.72. The van der Waals surface area contributed by atoms with Crippen molar-refractivity contribution in [2.24, 2.45) is 11.1 Å². The number of sulfonamides is 1. The number of hydrogen-bond acceptors (Lipinski definition) is 4. The molecule has 0 unspecified atom stereocenters. The number of primary sulfonamides is 1. The van der Waals surface area contributed by atoms with Crippen molar-refractivity contribution in [3.8, 4) is 0 Å². The Kier molecular flexibility index (Phi) is 3.62. The van der Waals surface area contributed by atoms with Gasteiger partial charge in [-0.25, -0.2) is 13.6 Å². The molecule has 116 valence electrons. The zero-order chi connectivity index (χ0) is 16.0. The minimum Gasteiger partial charge on any atom is -0.481 e. The normalized spacial score (nSPS) is 16.7. The number of hydrogen-bond donors (Lipinski definition) is 2. The van der Waals surface area contributed by atoms with Crippen LogP contribution in [0.2, 0.25) is 0 Å². The van der Waals surface area contributed by atoms with Gasteiger partial charge < -0.3 is 10.0 Å². The molecule has 1 heterocycles. The fourth-order valence-corrected chi connectivity index (χ4v) is 2.57. The first kappa shape index (κ1) is 15.6. The Labute approximate surface area is 118 Å². The third kappa shape index (κ3) is 3.10. The van der Waals surface area contributed by atoms with Crippen molar-refractivity contribution in [1.82, 2.24) is 0 Å². The summed E-state index contributed by atoms with van der Waals surface area (Å²) < 4.78 is 61.3. The van der Waals surface area contributed by atoms with Crippen LogP contribution in [0.3, 0.4) is 0 Å². The van der Waals surface area contributed by atoms with Crippen LogP contribution in [0.5, 0.6) is 0 Å². The van der Waals surface area contributed by atoms with Crippen LogP contribution in [0.15, 0.2) is 23.1 Å². The molecule has 0 aromatic heterocycles. The van der Waals surface area contributed by atoms with Crippen LogP contribution in [-0.2, 0) is 21.0 Å². The molecule has 0 aliphatic carbocycles. The average molecular weight is 324 g/mol. The Hall–Kier alpha value is -1.81. The molecule has 1 fully saturated rings. The summed E-state index contributed by atoms with van der Waals surface area (Å²) in [7, 11) is -4.25. The second kappa shape index (κ2) is 4.88. The van der Waals surface area contributed by atoms with Gasteiger partial charge in [-0.2, -0.15) is 13.2 Å². The van der Waals surface area contributed by atoms with E-state index in [4.69, 9.17) is 10.2 Å². The number of aliphatic carboxylic acids is 1. The molecule has 21 heavy (non-hydrogen) atoms.